The van der Waals surface area contributed by atoms with Gasteiger partial charge in [-0.25, -0.2) is 4.79 Å². The quantitative estimate of drug-likeness (QED) is 0.427. The number of methoxy groups -OCH3 is 1. The van der Waals surface area contributed by atoms with Crippen LogP contribution in [-0.2, 0) is 19.1 Å². The highest BCUT2D eigenvalue weighted by atomic mass is 16.6. The van der Waals surface area contributed by atoms with Gasteiger partial charge in [0.15, 0.2) is 24.3 Å². The van der Waals surface area contributed by atoms with Crippen LogP contribution in [0.5, 0.6) is 5.75 Å². The molecule has 1 heterocycles. The lowest BCUT2D eigenvalue weighted by atomic mass is 9.97. The van der Waals surface area contributed by atoms with Crippen molar-refractivity contribution in [3.05, 3.63) is 64.9 Å². The molecule has 0 fully saturated rings. The summed E-state index contributed by atoms with van der Waals surface area (Å²) in [5.74, 6) is -0.466. The van der Waals surface area contributed by atoms with E-state index >= 15 is 0 Å². The van der Waals surface area contributed by atoms with Crippen molar-refractivity contribution in [2.75, 3.05) is 13.7 Å². The molecule has 3 rings (SSSR count). The second-order valence-corrected chi connectivity index (χ2v) is 6.76. The van der Waals surface area contributed by atoms with Gasteiger partial charge in [0.2, 0.25) is 0 Å². The van der Waals surface area contributed by atoms with Crippen LogP contribution in [0.3, 0.4) is 0 Å². The number of aryl methyl sites for hydroxylation is 1. The molecule has 0 bridgehead atoms. The van der Waals surface area contributed by atoms with Crippen molar-refractivity contribution in [1.29, 1.82) is 0 Å². The third-order valence-electron chi connectivity index (χ3n) is 4.57. The lowest BCUT2D eigenvalue weighted by Gasteiger charge is -2.12. The molecule has 0 N–H and O–H groups in total. The molecule has 7 heteroatoms. The molecule has 0 aliphatic rings. The first-order valence-corrected chi connectivity index (χ1v) is 9.35. The number of para-hydroxylation sites is 1. The number of esters is 2. The lowest BCUT2D eigenvalue weighted by Crippen LogP contribution is -2.13. The van der Waals surface area contributed by atoms with Crippen molar-refractivity contribution in [2.24, 2.45) is 0 Å². The van der Waals surface area contributed by atoms with E-state index in [1.807, 2.05) is 6.07 Å². The van der Waals surface area contributed by atoms with Crippen LogP contribution in [0, 0.1) is 6.92 Å². The Bertz CT molecular complexity index is 1110. The standard InChI is InChI=1S/C23H22O7/c1-13-11-16(9-10-18(13)28-12-20(25)27-4)22(26)21-17-7-5-6-8-19(17)30-23(21)14(2)29-15(3)24/h5-11,14H,12H2,1-4H3. The fraction of sp³-hybridized carbons (Fsp3) is 0.261. The topological polar surface area (TPSA) is 92.0 Å². The second-order valence-electron chi connectivity index (χ2n) is 6.76. The molecule has 0 spiro atoms. The van der Waals surface area contributed by atoms with Crippen LogP contribution in [-0.4, -0.2) is 31.4 Å². The van der Waals surface area contributed by atoms with Crippen molar-refractivity contribution in [3.8, 4) is 5.75 Å². The Balaban J connectivity index is 1.99. The van der Waals surface area contributed by atoms with Gasteiger partial charge in [0.05, 0.1) is 12.7 Å². The number of hydrogen-bond acceptors (Lipinski definition) is 7. The van der Waals surface area contributed by atoms with E-state index in [1.165, 1.54) is 14.0 Å². The SMILES string of the molecule is COC(=O)COc1ccc(C(=O)c2c(C(C)OC(C)=O)oc3ccccc23)cc1C. The van der Waals surface area contributed by atoms with Gasteiger partial charge in [-0.1, -0.05) is 18.2 Å². The summed E-state index contributed by atoms with van der Waals surface area (Å²) in [6, 6.07) is 12.1. The number of carbonyl (C=O) groups is 3. The Morgan fingerprint density at radius 3 is 2.50 bits per heavy atom. The summed E-state index contributed by atoms with van der Waals surface area (Å²) in [6.45, 7) is 4.52. The number of benzene rings is 2. The van der Waals surface area contributed by atoms with E-state index in [4.69, 9.17) is 13.9 Å². The molecule has 0 aliphatic carbocycles. The summed E-state index contributed by atoms with van der Waals surface area (Å²) in [5.41, 5.74) is 1.99. The first-order chi connectivity index (χ1) is 14.3. The first kappa shape index (κ1) is 21.1. The average Bonchev–Trinajstić information content (AvgIpc) is 3.11. The van der Waals surface area contributed by atoms with Crippen LogP contribution < -0.4 is 4.74 Å². The molecular formula is C23H22O7. The molecular weight excluding hydrogens is 388 g/mol. The smallest absolute Gasteiger partial charge is 0.343 e. The van der Waals surface area contributed by atoms with Gasteiger partial charge in [-0.2, -0.15) is 0 Å². The third kappa shape index (κ3) is 4.35. The summed E-state index contributed by atoms with van der Waals surface area (Å²) in [6.07, 6.45) is -0.724. The van der Waals surface area contributed by atoms with E-state index in [-0.39, 0.29) is 12.4 Å². The predicted molar refractivity (Wildman–Crippen MR) is 109 cm³/mol. The van der Waals surface area contributed by atoms with E-state index < -0.39 is 18.0 Å². The Kier molecular flexibility index (Phi) is 6.20. The minimum atomic E-state index is -0.724. The van der Waals surface area contributed by atoms with Gasteiger partial charge in [-0.3, -0.25) is 9.59 Å². The predicted octanol–water partition coefficient (Wildman–Crippen LogP) is 4.15. The number of ether oxygens (including phenoxy) is 3. The molecule has 0 saturated carbocycles. The molecule has 0 amide bonds. The summed E-state index contributed by atoms with van der Waals surface area (Å²) in [4.78, 5) is 36.1. The van der Waals surface area contributed by atoms with Crippen molar-refractivity contribution in [2.45, 2.75) is 26.9 Å². The fourth-order valence-electron chi connectivity index (χ4n) is 3.18. The van der Waals surface area contributed by atoms with Crippen molar-refractivity contribution >= 4 is 28.7 Å². The molecule has 0 radical (unpaired) electrons. The normalized spacial score (nSPS) is 11.7. The number of rotatable bonds is 7. The minimum absolute atomic E-state index is 0.221. The summed E-state index contributed by atoms with van der Waals surface area (Å²) >= 11 is 0. The van der Waals surface area contributed by atoms with Gasteiger partial charge in [0.1, 0.15) is 11.3 Å². The summed E-state index contributed by atoms with van der Waals surface area (Å²) < 4.78 is 21.1. The van der Waals surface area contributed by atoms with Crippen LogP contribution in [0.1, 0.15) is 47.2 Å². The lowest BCUT2D eigenvalue weighted by molar-refractivity contribution is -0.146. The first-order valence-electron chi connectivity index (χ1n) is 9.35. The maximum absolute atomic E-state index is 13.4. The van der Waals surface area contributed by atoms with Crippen LogP contribution in [0.15, 0.2) is 46.9 Å². The highest BCUT2D eigenvalue weighted by Crippen LogP contribution is 2.34. The Labute approximate surface area is 173 Å². The maximum atomic E-state index is 13.4. The van der Waals surface area contributed by atoms with E-state index in [9.17, 15) is 14.4 Å². The molecule has 30 heavy (non-hydrogen) atoms. The molecule has 1 aromatic heterocycles. The number of fused-ring (bicyclic) bond motifs is 1. The van der Waals surface area contributed by atoms with E-state index in [1.54, 1.807) is 50.2 Å². The molecule has 156 valence electrons. The zero-order valence-electron chi connectivity index (χ0n) is 17.2. The minimum Gasteiger partial charge on any atom is -0.482 e. The Morgan fingerprint density at radius 1 is 1.10 bits per heavy atom. The monoisotopic (exact) mass is 410 g/mol. The van der Waals surface area contributed by atoms with Crippen molar-refractivity contribution < 1.29 is 33.0 Å². The van der Waals surface area contributed by atoms with Gasteiger partial charge in [-0.05, 0) is 43.7 Å². The molecule has 0 saturated heterocycles. The molecule has 0 aliphatic heterocycles. The van der Waals surface area contributed by atoms with Gasteiger partial charge in [0.25, 0.3) is 0 Å². The van der Waals surface area contributed by atoms with Crippen LogP contribution in [0.2, 0.25) is 0 Å². The summed E-state index contributed by atoms with van der Waals surface area (Å²) in [5, 5.41) is 0.639. The number of hydrogen-bond donors (Lipinski definition) is 0. The van der Waals surface area contributed by atoms with Gasteiger partial charge in [-0.15, -0.1) is 0 Å². The van der Waals surface area contributed by atoms with E-state index in [2.05, 4.69) is 4.74 Å². The number of carbonyl (C=O) groups excluding carboxylic acids is 3. The zero-order chi connectivity index (χ0) is 21.8. The molecule has 1 atom stereocenters. The molecule has 2 aromatic carbocycles. The summed E-state index contributed by atoms with van der Waals surface area (Å²) in [7, 11) is 1.28. The van der Waals surface area contributed by atoms with Gasteiger partial charge < -0.3 is 18.6 Å². The van der Waals surface area contributed by atoms with Gasteiger partial charge in [0, 0.05) is 17.9 Å². The van der Waals surface area contributed by atoms with Gasteiger partial charge >= 0.3 is 11.9 Å². The van der Waals surface area contributed by atoms with Crippen LogP contribution in [0.25, 0.3) is 11.0 Å². The Morgan fingerprint density at radius 2 is 1.83 bits per heavy atom. The van der Waals surface area contributed by atoms with E-state index in [0.717, 1.165) is 0 Å². The maximum Gasteiger partial charge on any atom is 0.343 e. The number of furan rings is 1. The molecule has 7 nitrogen and oxygen atoms in total. The average molecular weight is 410 g/mol. The third-order valence-corrected chi connectivity index (χ3v) is 4.57. The second kappa shape index (κ2) is 8.82. The number of ketones is 1. The molecule has 1 unspecified atom stereocenters. The Hall–Kier alpha value is -3.61. The van der Waals surface area contributed by atoms with E-state index in [0.29, 0.717) is 39.2 Å². The highest BCUT2D eigenvalue weighted by Gasteiger charge is 2.27. The van der Waals surface area contributed by atoms with Crippen molar-refractivity contribution in [3.63, 3.8) is 0 Å². The highest BCUT2D eigenvalue weighted by molar-refractivity contribution is 6.17. The largest absolute Gasteiger partial charge is 0.482 e. The van der Waals surface area contributed by atoms with Crippen LogP contribution >= 0.6 is 0 Å². The van der Waals surface area contributed by atoms with Crippen LogP contribution in [0.4, 0.5) is 0 Å². The fourth-order valence-corrected chi connectivity index (χ4v) is 3.18. The zero-order valence-corrected chi connectivity index (χ0v) is 17.2. The van der Waals surface area contributed by atoms with Crippen molar-refractivity contribution in [1.82, 2.24) is 0 Å². The molecule has 3 aromatic rings.